The van der Waals surface area contributed by atoms with Gasteiger partial charge in [0.15, 0.2) is 5.78 Å². The van der Waals surface area contributed by atoms with Crippen molar-refractivity contribution in [2.75, 3.05) is 6.54 Å². The molecular formula is C10H19NO. The van der Waals surface area contributed by atoms with Crippen molar-refractivity contribution in [3.8, 4) is 0 Å². The molecule has 0 aliphatic rings. The van der Waals surface area contributed by atoms with Crippen molar-refractivity contribution in [3.05, 3.63) is 11.6 Å². The van der Waals surface area contributed by atoms with E-state index in [2.05, 4.69) is 0 Å². The lowest BCUT2D eigenvalue weighted by Gasteiger charge is -2.05. The molecule has 0 aromatic carbocycles. The molecular weight excluding hydrogens is 150 g/mol. The molecule has 0 aliphatic carbocycles. The average Bonchev–Trinajstić information content (AvgIpc) is 1.98. The zero-order valence-corrected chi connectivity index (χ0v) is 8.26. The number of allylic oxidation sites excluding steroid dienone is 2. The van der Waals surface area contributed by atoms with Crippen LogP contribution < -0.4 is 5.73 Å². The molecule has 0 radical (unpaired) electrons. The molecule has 2 N–H and O–H groups in total. The Bertz CT molecular complexity index is 169. The van der Waals surface area contributed by atoms with Crippen LogP contribution in [0, 0.1) is 5.92 Å². The van der Waals surface area contributed by atoms with Gasteiger partial charge in [-0.05, 0) is 39.3 Å². The van der Waals surface area contributed by atoms with Crippen molar-refractivity contribution in [1.29, 1.82) is 0 Å². The molecule has 0 saturated carbocycles. The standard InChI is InChI=1S/C10H19NO/c1-8(2)7-10(12)9(3)5-4-6-11/h7,9H,4-6,11H2,1-3H3. The number of nitrogens with two attached hydrogens (primary N) is 1. The Balaban J connectivity index is 3.85. The van der Waals surface area contributed by atoms with Crippen molar-refractivity contribution in [1.82, 2.24) is 0 Å². The van der Waals surface area contributed by atoms with Crippen LogP contribution >= 0.6 is 0 Å². The van der Waals surface area contributed by atoms with Crippen LogP contribution in [0.4, 0.5) is 0 Å². The van der Waals surface area contributed by atoms with E-state index in [-0.39, 0.29) is 11.7 Å². The van der Waals surface area contributed by atoms with Gasteiger partial charge in [0.25, 0.3) is 0 Å². The number of rotatable bonds is 5. The second kappa shape index (κ2) is 5.95. The van der Waals surface area contributed by atoms with Crippen LogP contribution in [0.25, 0.3) is 0 Å². The number of carbonyl (C=O) groups excluding carboxylic acids is 1. The summed E-state index contributed by atoms with van der Waals surface area (Å²) in [5.74, 6) is 0.354. The summed E-state index contributed by atoms with van der Waals surface area (Å²) in [5, 5.41) is 0. The molecule has 2 heteroatoms. The maximum atomic E-state index is 11.3. The first kappa shape index (κ1) is 11.4. The van der Waals surface area contributed by atoms with Gasteiger partial charge in [0.2, 0.25) is 0 Å². The van der Waals surface area contributed by atoms with Gasteiger partial charge in [0.1, 0.15) is 0 Å². The molecule has 0 saturated heterocycles. The maximum Gasteiger partial charge on any atom is 0.158 e. The van der Waals surface area contributed by atoms with Crippen molar-refractivity contribution in [3.63, 3.8) is 0 Å². The van der Waals surface area contributed by atoms with Gasteiger partial charge in [0, 0.05) is 5.92 Å². The predicted octanol–water partition coefficient (Wildman–Crippen LogP) is 1.90. The van der Waals surface area contributed by atoms with Gasteiger partial charge in [-0.25, -0.2) is 0 Å². The molecule has 0 aromatic heterocycles. The van der Waals surface area contributed by atoms with Crippen molar-refractivity contribution < 1.29 is 4.79 Å². The van der Waals surface area contributed by atoms with Crippen molar-refractivity contribution in [2.24, 2.45) is 11.7 Å². The topological polar surface area (TPSA) is 43.1 Å². The van der Waals surface area contributed by atoms with E-state index >= 15 is 0 Å². The molecule has 0 amide bonds. The summed E-state index contributed by atoms with van der Waals surface area (Å²) in [5.41, 5.74) is 6.42. The van der Waals surface area contributed by atoms with Gasteiger partial charge in [-0.3, -0.25) is 4.79 Å². The average molecular weight is 169 g/mol. The maximum absolute atomic E-state index is 11.3. The molecule has 0 spiro atoms. The first-order chi connectivity index (χ1) is 5.57. The Hall–Kier alpha value is -0.630. The fourth-order valence-corrected chi connectivity index (χ4v) is 0.993. The van der Waals surface area contributed by atoms with Gasteiger partial charge in [-0.15, -0.1) is 0 Å². The highest BCUT2D eigenvalue weighted by atomic mass is 16.1. The van der Waals surface area contributed by atoms with E-state index in [9.17, 15) is 4.79 Å². The zero-order chi connectivity index (χ0) is 9.56. The molecule has 0 rings (SSSR count). The summed E-state index contributed by atoms with van der Waals surface area (Å²) in [4.78, 5) is 11.3. The molecule has 1 atom stereocenters. The van der Waals surface area contributed by atoms with Gasteiger partial charge in [-0.2, -0.15) is 0 Å². The van der Waals surface area contributed by atoms with Gasteiger partial charge < -0.3 is 5.73 Å². The molecule has 0 heterocycles. The summed E-state index contributed by atoms with van der Waals surface area (Å²) in [6, 6.07) is 0. The van der Waals surface area contributed by atoms with E-state index < -0.39 is 0 Å². The first-order valence-electron chi connectivity index (χ1n) is 4.46. The minimum atomic E-state index is 0.128. The third-order valence-electron chi connectivity index (χ3n) is 1.76. The summed E-state index contributed by atoms with van der Waals surface area (Å²) < 4.78 is 0. The zero-order valence-electron chi connectivity index (χ0n) is 8.26. The number of hydrogen-bond donors (Lipinski definition) is 1. The van der Waals surface area contributed by atoms with E-state index in [1.165, 1.54) is 0 Å². The molecule has 0 aromatic rings. The quantitative estimate of drug-likeness (QED) is 0.639. The first-order valence-corrected chi connectivity index (χ1v) is 4.46. The van der Waals surface area contributed by atoms with Crippen molar-refractivity contribution in [2.45, 2.75) is 33.6 Å². The van der Waals surface area contributed by atoms with E-state index in [4.69, 9.17) is 5.73 Å². The third-order valence-corrected chi connectivity index (χ3v) is 1.76. The van der Waals surface area contributed by atoms with Crippen LogP contribution in [0.2, 0.25) is 0 Å². The fraction of sp³-hybridized carbons (Fsp3) is 0.700. The molecule has 0 aliphatic heterocycles. The van der Waals surface area contributed by atoms with Gasteiger partial charge >= 0.3 is 0 Å². The summed E-state index contributed by atoms with van der Waals surface area (Å²) in [6.45, 7) is 6.50. The lowest BCUT2D eigenvalue weighted by Crippen LogP contribution is -2.10. The lowest BCUT2D eigenvalue weighted by molar-refractivity contribution is -0.117. The summed E-state index contributed by atoms with van der Waals surface area (Å²) in [6.07, 6.45) is 3.55. The SMILES string of the molecule is CC(C)=CC(=O)C(C)CCCN. The van der Waals surface area contributed by atoms with Crippen LogP contribution in [0.1, 0.15) is 33.6 Å². The molecule has 70 valence electrons. The highest BCUT2D eigenvalue weighted by molar-refractivity contribution is 5.91. The molecule has 0 fully saturated rings. The highest BCUT2D eigenvalue weighted by Gasteiger charge is 2.08. The number of carbonyl (C=O) groups is 1. The van der Waals surface area contributed by atoms with Crippen LogP contribution in [0.3, 0.4) is 0 Å². The Kier molecular flexibility index (Phi) is 5.64. The molecule has 2 nitrogen and oxygen atoms in total. The lowest BCUT2D eigenvalue weighted by atomic mass is 9.99. The normalized spacial score (nSPS) is 12.3. The highest BCUT2D eigenvalue weighted by Crippen LogP contribution is 2.07. The van der Waals surface area contributed by atoms with Crippen LogP contribution in [0.5, 0.6) is 0 Å². The van der Waals surface area contributed by atoms with Crippen LogP contribution in [-0.4, -0.2) is 12.3 Å². The van der Waals surface area contributed by atoms with Crippen molar-refractivity contribution >= 4 is 5.78 Å². The largest absolute Gasteiger partial charge is 0.330 e. The Morgan fingerprint density at radius 1 is 1.50 bits per heavy atom. The summed E-state index contributed by atoms with van der Waals surface area (Å²) in [7, 11) is 0. The molecule has 12 heavy (non-hydrogen) atoms. The molecule has 0 bridgehead atoms. The monoisotopic (exact) mass is 169 g/mol. The minimum absolute atomic E-state index is 0.128. The second-order valence-electron chi connectivity index (χ2n) is 3.46. The third kappa shape index (κ3) is 5.08. The second-order valence-corrected chi connectivity index (χ2v) is 3.46. The predicted molar refractivity (Wildman–Crippen MR) is 51.9 cm³/mol. The van der Waals surface area contributed by atoms with Crippen LogP contribution in [0.15, 0.2) is 11.6 Å². The Labute approximate surface area is 74.8 Å². The Morgan fingerprint density at radius 3 is 2.50 bits per heavy atom. The fourth-order valence-electron chi connectivity index (χ4n) is 0.993. The Morgan fingerprint density at radius 2 is 2.08 bits per heavy atom. The smallest absolute Gasteiger partial charge is 0.158 e. The number of hydrogen-bond acceptors (Lipinski definition) is 2. The van der Waals surface area contributed by atoms with Gasteiger partial charge in [-0.1, -0.05) is 12.5 Å². The number of ketones is 1. The van der Waals surface area contributed by atoms with Gasteiger partial charge in [0.05, 0.1) is 0 Å². The molecule has 1 unspecified atom stereocenters. The van der Waals surface area contributed by atoms with E-state index in [0.29, 0.717) is 6.54 Å². The minimum Gasteiger partial charge on any atom is -0.330 e. The van der Waals surface area contributed by atoms with E-state index in [0.717, 1.165) is 18.4 Å². The van der Waals surface area contributed by atoms with E-state index in [1.54, 1.807) is 6.08 Å². The van der Waals surface area contributed by atoms with Crippen LogP contribution in [-0.2, 0) is 4.79 Å². The summed E-state index contributed by atoms with van der Waals surface area (Å²) >= 11 is 0. The van der Waals surface area contributed by atoms with E-state index in [1.807, 2.05) is 20.8 Å².